The Morgan fingerprint density at radius 3 is 2.39 bits per heavy atom. The molecule has 0 unspecified atom stereocenters. The monoisotopic (exact) mass is 666 g/mol. The number of carbonyl (C=O) groups is 3. The average Bonchev–Trinajstić information content (AvgIpc) is 2.88. The van der Waals surface area contributed by atoms with Crippen LogP contribution in [0.25, 0.3) is 6.08 Å². The fourth-order valence-corrected chi connectivity index (χ4v) is 4.90. The number of methoxy groups -OCH3 is 1. The Morgan fingerprint density at radius 2 is 1.74 bits per heavy atom. The van der Waals surface area contributed by atoms with E-state index in [1.807, 2.05) is 6.92 Å². The summed E-state index contributed by atoms with van der Waals surface area (Å²) < 4.78 is 17.5. The van der Waals surface area contributed by atoms with Gasteiger partial charge in [-0.2, -0.15) is 0 Å². The Morgan fingerprint density at radius 1 is 1.00 bits per heavy atom. The summed E-state index contributed by atoms with van der Waals surface area (Å²) in [6.45, 7) is 2.50. The maximum atomic E-state index is 13.3. The number of barbiturate groups is 1. The number of hydrogen-bond acceptors (Lipinski definition) is 6. The molecule has 0 spiro atoms. The number of benzene rings is 3. The van der Waals surface area contributed by atoms with Gasteiger partial charge in [0.25, 0.3) is 11.8 Å². The molecule has 1 heterocycles. The van der Waals surface area contributed by atoms with E-state index < -0.39 is 17.8 Å². The largest absolute Gasteiger partial charge is 0.493 e. The molecule has 3 aromatic carbocycles. The van der Waals surface area contributed by atoms with Gasteiger partial charge in [-0.25, -0.2) is 9.69 Å². The highest BCUT2D eigenvalue weighted by Gasteiger charge is 2.37. The van der Waals surface area contributed by atoms with Gasteiger partial charge in [-0.1, -0.05) is 29.3 Å². The van der Waals surface area contributed by atoms with Crippen LogP contribution in [-0.4, -0.2) is 31.6 Å². The molecule has 4 rings (SSSR count). The van der Waals surface area contributed by atoms with Gasteiger partial charge in [0.05, 0.1) is 23.0 Å². The van der Waals surface area contributed by atoms with Gasteiger partial charge in [0, 0.05) is 15.6 Å². The SMILES string of the molecule is CCOc1c(I)cc(/C=C2\C(=O)NC(=O)N(c3ccc(OCc4ccc(Cl)cc4Cl)cc3)C2=O)cc1OC. The number of amides is 4. The molecule has 1 N–H and O–H groups in total. The number of ether oxygens (including phenoxy) is 3. The Balaban J connectivity index is 1.56. The molecule has 1 aliphatic rings. The molecule has 0 bridgehead atoms. The predicted octanol–water partition coefficient (Wildman–Crippen LogP) is 6.25. The van der Waals surface area contributed by atoms with Crippen molar-refractivity contribution in [2.24, 2.45) is 0 Å². The number of nitrogens with zero attached hydrogens (tertiary/aromatic N) is 1. The van der Waals surface area contributed by atoms with Crippen molar-refractivity contribution in [2.75, 3.05) is 18.6 Å². The summed E-state index contributed by atoms with van der Waals surface area (Å²) in [6, 6.07) is 14.0. The number of imide groups is 2. The number of urea groups is 1. The van der Waals surface area contributed by atoms with E-state index in [4.69, 9.17) is 37.4 Å². The van der Waals surface area contributed by atoms with Crippen molar-refractivity contribution in [1.29, 1.82) is 0 Å². The lowest BCUT2D eigenvalue weighted by molar-refractivity contribution is -0.122. The Kier molecular flexibility index (Phi) is 8.80. The highest BCUT2D eigenvalue weighted by Crippen LogP contribution is 2.35. The van der Waals surface area contributed by atoms with Crippen LogP contribution >= 0.6 is 45.8 Å². The molecular weight excluding hydrogens is 646 g/mol. The van der Waals surface area contributed by atoms with Crippen LogP contribution in [0.2, 0.25) is 10.0 Å². The Hall–Kier alpha value is -3.28. The first kappa shape index (κ1) is 27.7. The van der Waals surface area contributed by atoms with Gasteiger partial charge >= 0.3 is 6.03 Å². The van der Waals surface area contributed by atoms with Crippen molar-refractivity contribution in [1.82, 2.24) is 5.32 Å². The highest BCUT2D eigenvalue weighted by atomic mass is 127. The van der Waals surface area contributed by atoms with Crippen molar-refractivity contribution < 1.29 is 28.6 Å². The first-order valence-electron chi connectivity index (χ1n) is 11.3. The molecule has 1 fully saturated rings. The third-order valence-corrected chi connectivity index (χ3v) is 6.85. The van der Waals surface area contributed by atoms with Gasteiger partial charge in [-0.3, -0.25) is 14.9 Å². The second-order valence-electron chi connectivity index (χ2n) is 7.94. The summed E-state index contributed by atoms with van der Waals surface area (Å²) >= 11 is 14.2. The second kappa shape index (κ2) is 12.1. The lowest BCUT2D eigenvalue weighted by atomic mass is 10.1. The van der Waals surface area contributed by atoms with Crippen molar-refractivity contribution >= 4 is 75.4 Å². The zero-order valence-electron chi connectivity index (χ0n) is 20.2. The third kappa shape index (κ3) is 6.06. The maximum absolute atomic E-state index is 13.3. The van der Waals surface area contributed by atoms with E-state index in [2.05, 4.69) is 27.9 Å². The quantitative estimate of drug-likeness (QED) is 0.174. The standard InChI is InChI=1S/C27H21Cl2IN2O6/c1-3-37-24-22(30)11-15(12-23(24)36-2)10-20-25(33)31-27(35)32(26(20)34)18-6-8-19(9-7-18)38-14-16-4-5-17(28)13-21(16)29/h4-13H,3,14H2,1-2H3,(H,31,33,35)/b20-10+. The van der Waals surface area contributed by atoms with Gasteiger partial charge in [0.2, 0.25) is 0 Å². The molecule has 11 heteroatoms. The molecule has 0 radical (unpaired) electrons. The minimum absolute atomic E-state index is 0.199. The van der Waals surface area contributed by atoms with Crippen LogP contribution in [0.3, 0.4) is 0 Å². The van der Waals surface area contributed by atoms with Crippen LogP contribution in [-0.2, 0) is 16.2 Å². The molecular formula is C27H21Cl2IN2O6. The van der Waals surface area contributed by atoms with E-state index in [1.54, 1.807) is 54.6 Å². The number of hydrogen-bond donors (Lipinski definition) is 1. The van der Waals surface area contributed by atoms with Crippen LogP contribution in [0.1, 0.15) is 18.1 Å². The molecule has 1 saturated heterocycles. The topological polar surface area (TPSA) is 94.2 Å². The molecule has 4 amide bonds. The van der Waals surface area contributed by atoms with Gasteiger partial charge in [0.15, 0.2) is 11.5 Å². The molecule has 0 atom stereocenters. The number of rotatable bonds is 8. The summed E-state index contributed by atoms with van der Waals surface area (Å²) in [5, 5.41) is 3.22. The summed E-state index contributed by atoms with van der Waals surface area (Å²) in [4.78, 5) is 39.4. The fourth-order valence-electron chi connectivity index (χ4n) is 3.66. The summed E-state index contributed by atoms with van der Waals surface area (Å²) in [7, 11) is 1.50. The van der Waals surface area contributed by atoms with Crippen LogP contribution < -0.4 is 24.4 Å². The molecule has 0 aromatic heterocycles. The van der Waals surface area contributed by atoms with Gasteiger partial charge < -0.3 is 14.2 Å². The Bertz CT molecular complexity index is 1440. The van der Waals surface area contributed by atoms with Gasteiger partial charge in [-0.15, -0.1) is 0 Å². The third-order valence-electron chi connectivity index (χ3n) is 5.46. The van der Waals surface area contributed by atoms with Crippen LogP contribution in [0, 0.1) is 3.57 Å². The van der Waals surface area contributed by atoms with Crippen LogP contribution in [0.15, 0.2) is 60.2 Å². The number of anilines is 1. The first-order valence-corrected chi connectivity index (χ1v) is 13.1. The van der Waals surface area contributed by atoms with Crippen LogP contribution in [0.4, 0.5) is 10.5 Å². The second-order valence-corrected chi connectivity index (χ2v) is 9.95. The summed E-state index contributed by atoms with van der Waals surface area (Å²) in [6.07, 6.45) is 1.41. The minimum atomic E-state index is -0.849. The summed E-state index contributed by atoms with van der Waals surface area (Å²) in [5.41, 5.74) is 1.35. The van der Waals surface area contributed by atoms with Crippen molar-refractivity contribution in [3.8, 4) is 17.2 Å². The lowest BCUT2D eigenvalue weighted by Gasteiger charge is -2.26. The highest BCUT2D eigenvalue weighted by molar-refractivity contribution is 14.1. The van der Waals surface area contributed by atoms with Crippen molar-refractivity contribution in [2.45, 2.75) is 13.5 Å². The van der Waals surface area contributed by atoms with Crippen molar-refractivity contribution in [3.05, 3.63) is 84.9 Å². The van der Waals surface area contributed by atoms with E-state index in [1.165, 1.54) is 13.2 Å². The maximum Gasteiger partial charge on any atom is 0.335 e. The Labute approximate surface area is 242 Å². The summed E-state index contributed by atoms with van der Waals surface area (Å²) in [5.74, 6) is -0.0399. The molecule has 3 aromatic rings. The lowest BCUT2D eigenvalue weighted by Crippen LogP contribution is -2.54. The number of carbonyl (C=O) groups excluding carboxylic acids is 3. The molecule has 0 aliphatic carbocycles. The number of nitrogens with one attached hydrogen (secondary N) is 1. The minimum Gasteiger partial charge on any atom is -0.493 e. The molecule has 38 heavy (non-hydrogen) atoms. The van der Waals surface area contributed by atoms with E-state index in [9.17, 15) is 14.4 Å². The zero-order chi connectivity index (χ0) is 27.4. The normalized spacial score (nSPS) is 14.5. The molecule has 8 nitrogen and oxygen atoms in total. The van der Waals surface area contributed by atoms with E-state index in [-0.39, 0.29) is 17.9 Å². The van der Waals surface area contributed by atoms with E-state index in [0.29, 0.717) is 39.5 Å². The van der Waals surface area contributed by atoms with Crippen molar-refractivity contribution in [3.63, 3.8) is 0 Å². The molecule has 1 aliphatic heterocycles. The van der Waals surface area contributed by atoms with Gasteiger partial charge in [-0.05, 0) is 89.7 Å². The first-order chi connectivity index (χ1) is 18.2. The number of halogens is 3. The van der Waals surface area contributed by atoms with Gasteiger partial charge in [0.1, 0.15) is 17.9 Å². The zero-order valence-corrected chi connectivity index (χ0v) is 23.9. The molecule has 0 saturated carbocycles. The van der Waals surface area contributed by atoms with E-state index in [0.717, 1.165) is 14.0 Å². The van der Waals surface area contributed by atoms with E-state index >= 15 is 0 Å². The van der Waals surface area contributed by atoms with Crippen LogP contribution in [0.5, 0.6) is 17.2 Å². The molecule has 196 valence electrons. The average molecular weight is 667 g/mol. The predicted molar refractivity (Wildman–Crippen MR) is 153 cm³/mol. The smallest absolute Gasteiger partial charge is 0.335 e. The fraction of sp³-hybridized carbons (Fsp3) is 0.148.